The molecule has 8 heteroatoms. The molecule has 4 aromatic rings. The molecule has 1 atom stereocenters. The van der Waals surface area contributed by atoms with Crippen molar-refractivity contribution < 1.29 is 19.4 Å². The Hall–Kier alpha value is -3.88. The summed E-state index contributed by atoms with van der Waals surface area (Å²) in [4.78, 5) is 31.8. The van der Waals surface area contributed by atoms with Crippen LogP contribution in [0, 0.1) is 0 Å². The number of hydrogen-bond acceptors (Lipinski definition) is 5. The molecule has 8 nitrogen and oxygen atoms in total. The number of nitrogens with zero attached hydrogens (tertiary/aromatic N) is 2. The second-order valence-corrected chi connectivity index (χ2v) is 9.87. The number of ether oxygens (including phenoxy) is 1. The first-order chi connectivity index (χ1) is 18.0. The molecular formula is C29H30N4O4. The highest BCUT2D eigenvalue weighted by atomic mass is 16.5. The average molecular weight is 499 g/mol. The molecule has 0 aliphatic carbocycles. The molecule has 0 radical (unpaired) electrons. The monoisotopic (exact) mass is 498 g/mol. The van der Waals surface area contributed by atoms with Gasteiger partial charge in [-0.1, -0.05) is 24.6 Å². The zero-order chi connectivity index (χ0) is 25.5. The van der Waals surface area contributed by atoms with Crippen molar-refractivity contribution in [2.45, 2.75) is 31.9 Å². The number of β-amino-alcohol motifs (C(OH)–C–C–N with tert-alkyl or cyclic N) is 1. The minimum Gasteiger partial charge on any atom is -0.497 e. The van der Waals surface area contributed by atoms with Crippen LogP contribution in [0.5, 0.6) is 5.75 Å². The zero-order valence-electron chi connectivity index (χ0n) is 20.8. The Balaban J connectivity index is 1.47. The molecular weight excluding hydrogens is 468 g/mol. The summed E-state index contributed by atoms with van der Waals surface area (Å²) >= 11 is 0. The number of aliphatic hydroxyl groups excluding tert-OH is 1. The standard InChI is InChI=1S/C29H30N4O4/c1-37-19-9-10-25-21(13-19)23(17-33(25)16-18(34)15-32-11-5-2-6-12-32)27-26(28(35)31-29(27)36)22-14-30-24-8-4-3-7-20(22)24/h3-4,7-10,13-14,17-18,30,34H,2,5-6,11-12,15-16H2,1H3,(H,31,35,36). The highest BCUT2D eigenvalue weighted by molar-refractivity contribution is 6.50. The second kappa shape index (κ2) is 9.53. The lowest BCUT2D eigenvalue weighted by molar-refractivity contribution is -0.122. The lowest BCUT2D eigenvalue weighted by atomic mass is 9.95. The van der Waals surface area contributed by atoms with E-state index in [1.165, 1.54) is 6.42 Å². The van der Waals surface area contributed by atoms with Crippen LogP contribution >= 0.6 is 0 Å². The number of hydrogen-bond donors (Lipinski definition) is 3. The van der Waals surface area contributed by atoms with Crippen LogP contribution in [0.3, 0.4) is 0 Å². The van der Waals surface area contributed by atoms with Crippen LogP contribution < -0.4 is 10.1 Å². The molecule has 1 fully saturated rings. The summed E-state index contributed by atoms with van der Waals surface area (Å²) in [5.41, 5.74) is 3.76. The van der Waals surface area contributed by atoms with Crippen LogP contribution in [0.15, 0.2) is 54.9 Å². The number of H-pyrrole nitrogens is 1. The Bertz CT molecular complexity index is 1540. The van der Waals surface area contributed by atoms with Gasteiger partial charge in [0.05, 0.1) is 24.4 Å². The first kappa shape index (κ1) is 23.5. The van der Waals surface area contributed by atoms with Crippen LogP contribution in [0.2, 0.25) is 0 Å². The van der Waals surface area contributed by atoms with Crippen LogP contribution in [0.4, 0.5) is 0 Å². The van der Waals surface area contributed by atoms with Crippen LogP contribution in [0.25, 0.3) is 33.0 Å². The van der Waals surface area contributed by atoms with Gasteiger partial charge >= 0.3 is 0 Å². The third-order valence-electron chi connectivity index (χ3n) is 7.47. The van der Waals surface area contributed by atoms with Gasteiger partial charge in [-0.15, -0.1) is 0 Å². The molecule has 4 heterocycles. The summed E-state index contributed by atoms with van der Waals surface area (Å²) in [5.74, 6) is -0.195. The molecule has 6 rings (SSSR count). The van der Waals surface area contributed by atoms with E-state index in [-0.39, 0.29) is 0 Å². The van der Waals surface area contributed by atoms with Crippen molar-refractivity contribution in [1.29, 1.82) is 0 Å². The van der Waals surface area contributed by atoms with E-state index < -0.39 is 17.9 Å². The number of likely N-dealkylation sites (tertiary alicyclic amines) is 1. The fraction of sp³-hybridized carbons (Fsp3) is 0.310. The molecule has 1 unspecified atom stereocenters. The molecule has 2 aromatic heterocycles. The van der Waals surface area contributed by atoms with E-state index in [1.807, 2.05) is 53.2 Å². The number of para-hydroxylation sites is 1. The van der Waals surface area contributed by atoms with E-state index in [9.17, 15) is 14.7 Å². The van der Waals surface area contributed by atoms with Crippen molar-refractivity contribution in [3.63, 3.8) is 0 Å². The number of benzene rings is 2. The average Bonchev–Trinajstić information content (AvgIpc) is 3.56. The predicted molar refractivity (Wildman–Crippen MR) is 143 cm³/mol. The van der Waals surface area contributed by atoms with Gasteiger partial charge in [-0.25, -0.2) is 0 Å². The largest absolute Gasteiger partial charge is 0.497 e. The molecule has 0 bridgehead atoms. The fourth-order valence-electron chi connectivity index (χ4n) is 5.73. The smallest absolute Gasteiger partial charge is 0.259 e. The Labute approximate surface area is 214 Å². The number of aromatic amines is 1. The van der Waals surface area contributed by atoms with Crippen molar-refractivity contribution in [2.24, 2.45) is 0 Å². The van der Waals surface area contributed by atoms with Crippen LogP contribution in [-0.4, -0.2) is 64.2 Å². The summed E-state index contributed by atoms with van der Waals surface area (Å²) in [6, 6.07) is 13.4. The quantitative estimate of drug-likeness (QED) is 0.339. The molecule has 2 aliphatic rings. The van der Waals surface area contributed by atoms with E-state index in [4.69, 9.17) is 4.74 Å². The van der Waals surface area contributed by atoms with E-state index in [0.29, 0.717) is 41.1 Å². The molecule has 2 aliphatic heterocycles. The van der Waals surface area contributed by atoms with Crippen molar-refractivity contribution in [2.75, 3.05) is 26.7 Å². The Kier molecular flexibility index (Phi) is 6.06. The van der Waals surface area contributed by atoms with E-state index in [1.54, 1.807) is 13.3 Å². The van der Waals surface area contributed by atoms with Gasteiger partial charge in [0.1, 0.15) is 5.75 Å². The van der Waals surface area contributed by atoms with E-state index in [2.05, 4.69) is 15.2 Å². The molecule has 37 heavy (non-hydrogen) atoms. The Morgan fingerprint density at radius 3 is 2.49 bits per heavy atom. The van der Waals surface area contributed by atoms with Crippen LogP contribution in [-0.2, 0) is 16.1 Å². The minimum atomic E-state index is -0.565. The van der Waals surface area contributed by atoms with Crippen molar-refractivity contribution in [3.8, 4) is 5.75 Å². The van der Waals surface area contributed by atoms with Gasteiger partial charge in [0.25, 0.3) is 11.8 Å². The molecule has 3 N–H and O–H groups in total. The number of carbonyl (C=O) groups is 2. The number of imide groups is 1. The highest BCUT2D eigenvalue weighted by Gasteiger charge is 2.35. The summed E-state index contributed by atoms with van der Waals surface area (Å²) < 4.78 is 7.46. The second-order valence-electron chi connectivity index (χ2n) is 9.87. The molecule has 0 spiro atoms. The SMILES string of the molecule is COc1ccc2c(c1)c(C1=C(c3c[nH]c4ccccc34)C(=O)NC1=O)cn2CC(O)CN1CCCCC1. The third kappa shape index (κ3) is 4.22. The van der Waals surface area contributed by atoms with Gasteiger partial charge in [0, 0.05) is 58.4 Å². The summed E-state index contributed by atoms with van der Waals surface area (Å²) in [5, 5.41) is 15.1. The zero-order valence-corrected chi connectivity index (χ0v) is 20.8. The number of fused-ring (bicyclic) bond motifs is 2. The molecule has 190 valence electrons. The maximum absolute atomic E-state index is 13.2. The van der Waals surface area contributed by atoms with Gasteiger partial charge in [0.15, 0.2) is 0 Å². The number of methoxy groups -OCH3 is 1. The van der Waals surface area contributed by atoms with Crippen molar-refractivity contribution >= 4 is 44.8 Å². The van der Waals surface area contributed by atoms with E-state index >= 15 is 0 Å². The maximum Gasteiger partial charge on any atom is 0.259 e. The van der Waals surface area contributed by atoms with Gasteiger partial charge in [-0.05, 0) is 50.2 Å². The molecule has 1 saturated heterocycles. The lowest BCUT2D eigenvalue weighted by Crippen LogP contribution is -2.37. The number of rotatable bonds is 7. The number of nitrogens with one attached hydrogen (secondary N) is 2. The first-order valence-corrected chi connectivity index (χ1v) is 12.8. The Morgan fingerprint density at radius 2 is 1.70 bits per heavy atom. The maximum atomic E-state index is 13.2. The van der Waals surface area contributed by atoms with Crippen molar-refractivity contribution in [1.82, 2.24) is 19.8 Å². The molecule has 2 aromatic carbocycles. The normalized spacial score (nSPS) is 17.7. The van der Waals surface area contributed by atoms with Gasteiger partial charge in [-0.3, -0.25) is 14.9 Å². The van der Waals surface area contributed by atoms with Gasteiger partial charge < -0.3 is 24.3 Å². The van der Waals surface area contributed by atoms with Crippen molar-refractivity contribution in [3.05, 3.63) is 66.0 Å². The number of amides is 2. The van der Waals surface area contributed by atoms with Crippen LogP contribution in [0.1, 0.15) is 30.4 Å². The number of carbonyl (C=O) groups excluding carboxylic acids is 2. The molecule has 0 saturated carbocycles. The summed E-state index contributed by atoms with van der Waals surface area (Å²) in [7, 11) is 1.60. The lowest BCUT2D eigenvalue weighted by Gasteiger charge is -2.28. The first-order valence-electron chi connectivity index (χ1n) is 12.8. The topological polar surface area (TPSA) is 99.6 Å². The molecule has 2 amide bonds. The summed E-state index contributed by atoms with van der Waals surface area (Å²) in [6.45, 7) is 3.00. The summed E-state index contributed by atoms with van der Waals surface area (Å²) in [6.07, 6.45) is 6.67. The highest BCUT2D eigenvalue weighted by Crippen LogP contribution is 2.39. The predicted octanol–water partition coefficient (Wildman–Crippen LogP) is 3.55. The fourth-order valence-corrected chi connectivity index (χ4v) is 5.73. The van der Waals surface area contributed by atoms with Gasteiger partial charge in [0.2, 0.25) is 0 Å². The van der Waals surface area contributed by atoms with Gasteiger partial charge in [-0.2, -0.15) is 0 Å². The number of piperidine rings is 1. The third-order valence-corrected chi connectivity index (χ3v) is 7.47. The Morgan fingerprint density at radius 1 is 0.946 bits per heavy atom. The number of aromatic nitrogens is 2. The number of aliphatic hydroxyl groups is 1. The minimum absolute atomic E-state index is 0.331. The van der Waals surface area contributed by atoms with E-state index in [0.717, 1.165) is 47.7 Å².